The number of nitrogens with zero attached hydrogens (tertiary/aromatic N) is 1. The summed E-state index contributed by atoms with van der Waals surface area (Å²) in [6.07, 6.45) is 0. The Morgan fingerprint density at radius 2 is 1.82 bits per heavy atom. The van der Waals surface area contributed by atoms with Gasteiger partial charge in [0, 0.05) is 12.1 Å². The molecule has 2 aromatic carbocycles. The van der Waals surface area contributed by atoms with Gasteiger partial charge in [-0.05, 0) is 18.2 Å². The predicted molar refractivity (Wildman–Crippen MR) is 73.9 cm³/mol. The van der Waals surface area contributed by atoms with Gasteiger partial charge in [0.2, 0.25) is 5.75 Å². The number of benzene rings is 2. The van der Waals surface area contributed by atoms with Gasteiger partial charge in [0.1, 0.15) is 16.5 Å². The van der Waals surface area contributed by atoms with E-state index in [1.54, 1.807) is 6.07 Å². The van der Waals surface area contributed by atoms with Crippen molar-refractivity contribution in [2.24, 2.45) is 0 Å². The highest BCUT2D eigenvalue weighted by Crippen LogP contribution is 2.32. The molecule has 2 aromatic rings. The molecule has 0 saturated heterocycles. The number of rotatable bonds is 5. The van der Waals surface area contributed by atoms with E-state index in [0.717, 1.165) is 12.1 Å². The highest BCUT2D eigenvalue weighted by molar-refractivity contribution is 7.87. The fourth-order valence-corrected chi connectivity index (χ4v) is 2.80. The van der Waals surface area contributed by atoms with E-state index in [9.17, 15) is 22.9 Å². The van der Waals surface area contributed by atoms with Crippen LogP contribution in [0.25, 0.3) is 0 Å². The lowest BCUT2D eigenvalue weighted by Gasteiger charge is -2.10. The van der Waals surface area contributed by atoms with Crippen LogP contribution in [0.5, 0.6) is 11.5 Å². The summed E-state index contributed by atoms with van der Waals surface area (Å²) in [4.78, 5) is 9.67. The van der Waals surface area contributed by atoms with E-state index in [4.69, 9.17) is 8.92 Å². The van der Waals surface area contributed by atoms with Crippen LogP contribution < -0.4 is 8.92 Å². The Hall–Kier alpha value is -2.68. The number of ether oxygens (including phenoxy) is 1. The van der Waals surface area contributed by atoms with Crippen molar-refractivity contribution < 1.29 is 26.7 Å². The van der Waals surface area contributed by atoms with Gasteiger partial charge < -0.3 is 8.92 Å². The summed E-state index contributed by atoms with van der Waals surface area (Å²) in [5.41, 5.74) is -0.667. The third kappa shape index (κ3) is 3.14. The summed E-state index contributed by atoms with van der Waals surface area (Å²) in [6.45, 7) is 0. The summed E-state index contributed by atoms with van der Waals surface area (Å²) in [5.74, 6) is -1.58. The molecule has 116 valence electrons. The van der Waals surface area contributed by atoms with Crippen LogP contribution in [-0.2, 0) is 10.1 Å². The number of methoxy groups -OCH3 is 1. The number of nitro groups is 1. The van der Waals surface area contributed by atoms with Crippen LogP contribution in [0, 0.1) is 15.9 Å². The molecule has 22 heavy (non-hydrogen) atoms. The maximum Gasteiger partial charge on any atom is 0.343 e. The Bertz CT molecular complexity index is 821. The molecule has 0 unspecified atom stereocenters. The minimum absolute atomic E-state index is 0.00144. The highest BCUT2D eigenvalue weighted by Gasteiger charge is 2.26. The molecule has 0 aromatic heterocycles. The lowest BCUT2D eigenvalue weighted by molar-refractivity contribution is -0.385. The summed E-state index contributed by atoms with van der Waals surface area (Å²) < 4.78 is 47.3. The number of hydrogen-bond donors (Lipinski definition) is 0. The van der Waals surface area contributed by atoms with Crippen molar-refractivity contribution in [3.05, 3.63) is 58.4 Å². The second kappa shape index (κ2) is 5.98. The van der Waals surface area contributed by atoms with Gasteiger partial charge in [-0.3, -0.25) is 10.1 Å². The van der Waals surface area contributed by atoms with Crippen molar-refractivity contribution in [2.75, 3.05) is 7.11 Å². The molecular formula is C13H10FNO6S. The van der Waals surface area contributed by atoms with E-state index in [2.05, 4.69) is 0 Å². The Balaban J connectivity index is 2.50. The third-order valence-electron chi connectivity index (χ3n) is 2.66. The largest absolute Gasteiger partial charge is 0.495 e. The quantitative estimate of drug-likeness (QED) is 0.475. The van der Waals surface area contributed by atoms with E-state index in [1.165, 1.54) is 25.3 Å². The Morgan fingerprint density at radius 1 is 1.14 bits per heavy atom. The number of hydrogen-bond acceptors (Lipinski definition) is 6. The zero-order valence-corrected chi connectivity index (χ0v) is 12.0. The topological polar surface area (TPSA) is 95.7 Å². The lowest BCUT2D eigenvalue weighted by Crippen LogP contribution is -2.12. The molecule has 0 saturated carbocycles. The first-order valence-corrected chi connectivity index (χ1v) is 7.27. The molecule has 0 aliphatic rings. The van der Waals surface area contributed by atoms with Gasteiger partial charge >= 0.3 is 15.8 Å². The summed E-state index contributed by atoms with van der Waals surface area (Å²) in [7, 11) is -3.16. The van der Waals surface area contributed by atoms with Gasteiger partial charge in [0.25, 0.3) is 0 Å². The third-order valence-corrected chi connectivity index (χ3v) is 3.93. The molecule has 0 radical (unpaired) electrons. The van der Waals surface area contributed by atoms with Gasteiger partial charge in [-0.1, -0.05) is 12.1 Å². The SMILES string of the molecule is COc1ccccc1S(=O)(=O)Oc1cc(F)ccc1[N+](=O)[O-]. The average Bonchev–Trinajstić information content (AvgIpc) is 2.46. The van der Waals surface area contributed by atoms with Crippen molar-refractivity contribution in [3.63, 3.8) is 0 Å². The van der Waals surface area contributed by atoms with Gasteiger partial charge in [-0.25, -0.2) is 4.39 Å². The van der Waals surface area contributed by atoms with E-state index in [1.807, 2.05) is 0 Å². The molecule has 0 aliphatic heterocycles. The molecular weight excluding hydrogens is 317 g/mol. The molecule has 0 spiro atoms. The van der Waals surface area contributed by atoms with Gasteiger partial charge in [-0.15, -0.1) is 0 Å². The second-order valence-corrected chi connectivity index (χ2v) is 5.57. The molecule has 7 nitrogen and oxygen atoms in total. The van der Waals surface area contributed by atoms with Crippen LogP contribution in [0.2, 0.25) is 0 Å². The fraction of sp³-hybridized carbons (Fsp3) is 0.0769. The molecule has 2 rings (SSSR count). The number of para-hydroxylation sites is 1. The minimum Gasteiger partial charge on any atom is -0.495 e. The summed E-state index contributed by atoms with van der Waals surface area (Å²) in [6, 6.07) is 7.85. The van der Waals surface area contributed by atoms with Crippen molar-refractivity contribution in [2.45, 2.75) is 4.90 Å². The molecule has 0 fully saturated rings. The molecule has 0 amide bonds. The molecule has 0 atom stereocenters. The van der Waals surface area contributed by atoms with Gasteiger partial charge in [0.15, 0.2) is 0 Å². The first-order chi connectivity index (χ1) is 10.3. The molecule has 9 heteroatoms. The Morgan fingerprint density at radius 3 is 2.45 bits per heavy atom. The summed E-state index contributed by atoms with van der Waals surface area (Å²) >= 11 is 0. The molecule has 0 heterocycles. The van der Waals surface area contributed by atoms with Crippen LogP contribution in [0.1, 0.15) is 0 Å². The second-order valence-electron chi connectivity index (χ2n) is 4.06. The van der Waals surface area contributed by atoms with Crippen molar-refractivity contribution >= 4 is 15.8 Å². The lowest BCUT2D eigenvalue weighted by atomic mass is 10.3. The fourth-order valence-electron chi connectivity index (χ4n) is 1.69. The van der Waals surface area contributed by atoms with E-state index in [0.29, 0.717) is 6.07 Å². The van der Waals surface area contributed by atoms with Crippen LogP contribution >= 0.6 is 0 Å². The maximum absolute atomic E-state index is 13.2. The van der Waals surface area contributed by atoms with Crippen molar-refractivity contribution in [1.29, 1.82) is 0 Å². The number of nitro benzene ring substituents is 1. The van der Waals surface area contributed by atoms with Crippen molar-refractivity contribution in [1.82, 2.24) is 0 Å². The smallest absolute Gasteiger partial charge is 0.343 e. The Kier molecular flexibility index (Phi) is 4.27. The summed E-state index contributed by atoms with van der Waals surface area (Å²) in [5, 5.41) is 10.9. The van der Waals surface area contributed by atoms with Crippen molar-refractivity contribution in [3.8, 4) is 11.5 Å². The standard InChI is InChI=1S/C13H10FNO6S/c1-20-11-4-2-3-5-13(11)22(18,19)21-12-8-9(14)6-7-10(12)15(16)17/h2-8H,1H3. The van der Waals surface area contributed by atoms with E-state index < -0.39 is 32.3 Å². The van der Waals surface area contributed by atoms with E-state index in [-0.39, 0.29) is 10.6 Å². The predicted octanol–water partition coefficient (Wildman–Crippen LogP) is 2.51. The maximum atomic E-state index is 13.2. The van der Waals surface area contributed by atoms with Crippen LogP contribution in [0.4, 0.5) is 10.1 Å². The van der Waals surface area contributed by atoms with Crippen LogP contribution in [0.3, 0.4) is 0 Å². The number of halogens is 1. The normalized spacial score (nSPS) is 11.0. The highest BCUT2D eigenvalue weighted by atomic mass is 32.2. The van der Waals surface area contributed by atoms with Crippen LogP contribution in [0.15, 0.2) is 47.4 Å². The van der Waals surface area contributed by atoms with Crippen LogP contribution in [-0.4, -0.2) is 20.5 Å². The monoisotopic (exact) mass is 327 g/mol. The van der Waals surface area contributed by atoms with E-state index >= 15 is 0 Å². The zero-order valence-electron chi connectivity index (χ0n) is 11.2. The van der Waals surface area contributed by atoms with Gasteiger partial charge in [0.05, 0.1) is 12.0 Å². The van der Waals surface area contributed by atoms with Gasteiger partial charge in [-0.2, -0.15) is 8.42 Å². The molecule has 0 N–H and O–H groups in total. The zero-order chi connectivity index (χ0) is 16.3. The molecule has 0 aliphatic carbocycles. The first-order valence-electron chi connectivity index (χ1n) is 5.86. The molecule has 0 bridgehead atoms. The first kappa shape index (κ1) is 15.7. The Labute approximate surface area is 125 Å². The average molecular weight is 327 g/mol. The minimum atomic E-state index is -4.42.